The number of carbonyl (C=O) groups excluding carboxylic acids is 1. The molecule has 1 N–H and O–H groups in total. The zero-order valence-electron chi connectivity index (χ0n) is 10.4. The lowest BCUT2D eigenvalue weighted by molar-refractivity contribution is -0.122. The van der Waals surface area contributed by atoms with E-state index < -0.39 is 0 Å². The van der Waals surface area contributed by atoms with E-state index in [9.17, 15) is 4.79 Å². The van der Waals surface area contributed by atoms with Gasteiger partial charge in [0.2, 0.25) is 0 Å². The molecule has 1 saturated heterocycles. The molecule has 1 rings (SSSR count). The second-order valence-corrected chi connectivity index (χ2v) is 4.77. The summed E-state index contributed by atoms with van der Waals surface area (Å²) >= 11 is 0. The molecular weight excluding hydrogens is 210 g/mol. The van der Waals surface area contributed by atoms with Crippen molar-refractivity contribution in [3.63, 3.8) is 0 Å². The van der Waals surface area contributed by atoms with E-state index in [0.29, 0.717) is 6.04 Å². The fraction of sp³-hybridized carbons (Fsp3) is 0.818. The Bertz CT molecular complexity index is 235. The normalized spacial score (nSPS) is 19.8. The Kier molecular flexibility index (Phi) is 5.85. The second kappa shape index (κ2) is 6.35. The van der Waals surface area contributed by atoms with Crippen LogP contribution in [0.25, 0.3) is 0 Å². The molecule has 16 heavy (non-hydrogen) atoms. The highest BCUT2D eigenvalue weighted by atomic mass is 16.6. The standard InChI is InChI=1S/C10H19NO2.CH2O2/c1-8-6-5-7-11(8)9(12)13-10(2,3)4;2-1-3/h8H,5-7H2,1-4H3;1H,(H,2,3). The predicted molar refractivity (Wildman–Crippen MR) is 60.3 cm³/mol. The summed E-state index contributed by atoms with van der Waals surface area (Å²) in [5, 5.41) is 6.89. The van der Waals surface area contributed by atoms with E-state index >= 15 is 0 Å². The summed E-state index contributed by atoms with van der Waals surface area (Å²) in [7, 11) is 0. The molecule has 1 heterocycles. The summed E-state index contributed by atoms with van der Waals surface area (Å²) in [5.41, 5.74) is -0.376. The van der Waals surface area contributed by atoms with E-state index in [-0.39, 0.29) is 18.2 Å². The summed E-state index contributed by atoms with van der Waals surface area (Å²) in [4.78, 5) is 21.7. The first-order valence-electron chi connectivity index (χ1n) is 5.39. The maximum absolute atomic E-state index is 11.6. The third kappa shape index (κ3) is 5.58. The van der Waals surface area contributed by atoms with Gasteiger partial charge in [0.15, 0.2) is 0 Å². The number of carboxylic acid groups (broad SMARTS) is 1. The van der Waals surface area contributed by atoms with Crippen molar-refractivity contribution in [2.45, 2.75) is 52.2 Å². The molecule has 94 valence electrons. The van der Waals surface area contributed by atoms with E-state index in [0.717, 1.165) is 19.4 Å². The van der Waals surface area contributed by atoms with Gasteiger partial charge in [-0.15, -0.1) is 0 Å². The Morgan fingerprint density at radius 1 is 1.50 bits per heavy atom. The van der Waals surface area contributed by atoms with Crippen molar-refractivity contribution in [1.82, 2.24) is 4.90 Å². The van der Waals surface area contributed by atoms with Crippen LogP contribution in [0.3, 0.4) is 0 Å². The molecule has 0 radical (unpaired) electrons. The zero-order chi connectivity index (χ0) is 12.8. The molecule has 0 aliphatic carbocycles. The zero-order valence-corrected chi connectivity index (χ0v) is 10.4. The van der Waals surface area contributed by atoms with Crippen molar-refractivity contribution in [1.29, 1.82) is 0 Å². The van der Waals surface area contributed by atoms with Gasteiger partial charge >= 0.3 is 6.09 Å². The summed E-state index contributed by atoms with van der Waals surface area (Å²) in [5.74, 6) is 0. The highest BCUT2D eigenvalue weighted by molar-refractivity contribution is 5.68. The smallest absolute Gasteiger partial charge is 0.410 e. The lowest BCUT2D eigenvalue weighted by atomic mass is 10.2. The molecular formula is C11H21NO4. The average molecular weight is 231 g/mol. The minimum atomic E-state index is -0.376. The maximum atomic E-state index is 11.6. The van der Waals surface area contributed by atoms with Crippen LogP contribution in [0.15, 0.2) is 0 Å². The SMILES string of the molecule is CC1CCCN1C(=O)OC(C)(C)C.O=CO. The Morgan fingerprint density at radius 2 is 2.00 bits per heavy atom. The molecule has 0 spiro atoms. The maximum Gasteiger partial charge on any atom is 0.410 e. The van der Waals surface area contributed by atoms with E-state index in [2.05, 4.69) is 6.92 Å². The van der Waals surface area contributed by atoms with Crippen molar-refractivity contribution in [2.24, 2.45) is 0 Å². The van der Waals surface area contributed by atoms with Crippen LogP contribution in [0.2, 0.25) is 0 Å². The Hall–Kier alpha value is -1.26. The summed E-state index contributed by atoms with van der Waals surface area (Å²) in [6, 6.07) is 0.342. The van der Waals surface area contributed by atoms with Crippen LogP contribution in [0.4, 0.5) is 4.79 Å². The van der Waals surface area contributed by atoms with Gasteiger partial charge in [-0.2, -0.15) is 0 Å². The van der Waals surface area contributed by atoms with Crippen LogP contribution in [-0.2, 0) is 9.53 Å². The van der Waals surface area contributed by atoms with E-state index in [1.165, 1.54) is 0 Å². The van der Waals surface area contributed by atoms with Crippen LogP contribution in [0.5, 0.6) is 0 Å². The number of ether oxygens (including phenoxy) is 1. The molecule has 0 saturated carbocycles. The summed E-state index contributed by atoms with van der Waals surface area (Å²) in [6.07, 6.45) is 2.03. The van der Waals surface area contributed by atoms with Gasteiger partial charge in [-0.25, -0.2) is 4.79 Å². The van der Waals surface area contributed by atoms with Gasteiger partial charge in [0.1, 0.15) is 5.60 Å². The van der Waals surface area contributed by atoms with Crippen LogP contribution in [0.1, 0.15) is 40.5 Å². The third-order valence-corrected chi connectivity index (χ3v) is 2.18. The first-order valence-corrected chi connectivity index (χ1v) is 5.39. The minimum Gasteiger partial charge on any atom is -0.483 e. The topological polar surface area (TPSA) is 66.8 Å². The largest absolute Gasteiger partial charge is 0.483 e. The lowest BCUT2D eigenvalue weighted by Gasteiger charge is -2.26. The van der Waals surface area contributed by atoms with Crippen LogP contribution >= 0.6 is 0 Å². The quantitative estimate of drug-likeness (QED) is 0.648. The molecule has 5 nitrogen and oxygen atoms in total. The molecule has 0 bridgehead atoms. The molecule has 0 aromatic carbocycles. The van der Waals surface area contributed by atoms with Gasteiger partial charge in [-0.05, 0) is 40.5 Å². The first kappa shape index (κ1) is 14.7. The van der Waals surface area contributed by atoms with E-state index in [1.54, 1.807) is 0 Å². The fourth-order valence-corrected chi connectivity index (χ4v) is 1.53. The highest BCUT2D eigenvalue weighted by Gasteiger charge is 2.28. The van der Waals surface area contributed by atoms with Gasteiger partial charge in [0, 0.05) is 12.6 Å². The molecule has 1 atom stereocenters. The second-order valence-electron chi connectivity index (χ2n) is 4.77. The number of rotatable bonds is 0. The average Bonchev–Trinajstić information content (AvgIpc) is 2.49. The molecule has 1 aliphatic rings. The summed E-state index contributed by atoms with van der Waals surface area (Å²) in [6.45, 7) is 8.34. The van der Waals surface area contributed by atoms with Gasteiger partial charge in [0.05, 0.1) is 0 Å². The first-order chi connectivity index (χ1) is 7.31. The molecule has 0 aromatic rings. The number of nitrogens with zero attached hydrogens (tertiary/aromatic N) is 1. The molecule has 1 fully saturated rings. The highest BCUT2D eigenvalue weighted by Crippen LogP contribution is 2.19. The predicted octanol–water partition coefficient (Wildman–Crippen LogP) is 2.11. The van der Waals surface area contributed by atoms with Crippen molar-refractivity contribution >= 4 is 12.6 Å². The van der Waals surface area contributed by atoms with Crippen LogP contribution < -0.4 is 0 Å². The minimum absolute atomic E-state index is 0.169. The van der Waals surface area contributed by atoms with Crippen molar-refractivity contribution in [3.05, 3.63) is 0 Å². The monoisotopic (exact) mass is 231 g/mol. The summed E-state index contributed by atoms with van der Waals surface area (Å²) < 4.78 is 5.28. The van der Waals surface area contributed by atoms with Gasteiger partial charge in [0.25, 0.3) is 6.47 Å². The van der Waals surface area contributed by atoms with Gasteiger partial charge < -0.3 is 14.7 Å². The Morgan fingerprint density at radius 3 is 2.31 bits per heavy atom. The van der Waals surface area contributed by atoms with Crippen LogP contribution in [0, 0.1) is 0 Å². The molecule has 1 amide bonds. The van der Waals surface area contributed by atoms with E-state index in [4.69, 9.17) is 14.6 Å². The fourth-order valence-electron chi connectivity index (χ4n) is 1.53. The van der Waals surface area contributed by atoms with E-state index in [1.807, 2.05) is 25.7 Å². The van der Waals surface area contributed by atoms with Crippen LogP contribution in [-0.4, -0.2) is 40.8 Å². The Balaban J connectivity index is 0.000000673. The van der Waals surface area contributed by atoms with Crippen molar-refractivity contribution in [2.75, 3.05) is 6.54 Å². The number of hydrogen-bond acceptors (Lipinski definition) is 3. The Labute approximate surface area is 96.4 Å². The molecule has 1 aliphatic heterocycles. The van der Waals surface area contributed by atoms with Crippen molar-refractivity contribution in [3.8, 4) is 0 Å². The molecule has 1 unspecified atom stereocenters. The van der Waals surface area contributed by atoms with Gasteiger partial charge in [-0.3, -0.25) is 4.79 Å². The van der Waals surface area contributed by atoms with Crippen molar-refractivity contribution < 1.29 is 19.4 Å². The number of hydrogen-bond donors (Lipinski definition) is 1. The third-order valence-electron chi connectivity index (χ3n) is 2.18. The van der Waals surface area contributed by atoms with Gasteiger partial charge in [-0.1, -0.05) is 0 Å². The number of carbonyl (C=O) groups is 2. The molecule has 0 aromatic heterocycles. The number of likely N-dealkylation sites (tertiary alicyclic amines) is 1. The lowest BCUT2D eigenvalue weighted by Crippen LogP contribution is -2.38. The number of amides is 1. The molecule has 5 heteroatoms.